The van der Waals surface area contributed by atoms with E-state index in [1.807, 2.05) is 0 Å². The molecule has 0 unspecified atom stereocenters. The van der Waals surface area contributed by atoms with Gasteiger partial charge in [-0.1, -0.05) is 0 Å². The van der Waals surface area contributed by atoms with E-state index < -0.39 is 10.0 Å². The maximum absolute atomic E-state index is 11.1. The first-order chi connectivity index (χ1) is 6.02. The number of hydrogen-bond acceptors (Lipinski definition) is 3. The van der Waals surface area contributed by atoms with Crippen LogP contribution in [0.25, 0.3) is 0 Å². The van der Waals surface area contributed by atoms with Crippen LogP contribution < -0.4 is 10.5 Å². The Kier molecular flexibility index (Phi) is 2.13. The average molecular weight is 204 g/mol. The molecule has 0 aromatic heterocycles. The van der Waals surface area contributed by atoms with Crippen LogP contribution >= 0.6 is 0 Å². The van der Waals surface area contributed by atoms with E-state index in [1.54, 1.807) is 0 Å². The molecule has 0 atom stereocenters. The molecule has 1 spiro atoms. The van der Waals surface area contributed by atoms with E-state index >= 15 is 0 Å². The highest BCUT2D eigenvalue weighted by atomic mass is 32.2. The zero-order chi connectivity index (χ0) is 9.53. The lowest BCUT2D eigenvalue weighted by atomic mass is 9.70. The molecule has 0 aromatic rings. The van der Waals surface area contributed by atoms with Crippen LogP contribution in [-0.4, -0.2) is 26.8 Å². The van der Waals surface area contributed by atoms with Gasteiger partial charge in [-0.15, -0.1) is 0 Å². The fourth-order valence-corrected chi connectivity index (χ4v) is 3.26. The second-order valence-electron chi connectivity index (χ2n) is 4.39. The maximum atomic E-state index is 11.1. The van der Waals surface area contributed by atoms with E-state index in [2.05, 4.69) is 5.32 Å². The molecule has 2 aliphatic rings. The molecular formula is C8H16N2O2S. The molecule has 1 aliphatic carbocycles. The van der Waals surface area contributed by atoms with E-state index in [1.165, 1.54) is 0 Å². The molecule has 2 rings (SSSR count). The van der Waals surface area contributed by atoms with Crippen molar-refractivity contribution in [3.05, 3.63) is 0 Å². The molecule has 13 heavy (non-hydrogen) atoms. The molecule has 0 amide bonds. The van der Waals surface area contributed by atoms with Gasteiger partial charge < -0.3 is 5.32 Å². The van der Waals surface area contributed by atoms with Crippen molar-refractivity contribution in [2.75, 3.05) is 13.1 Å². The molecular weight excluding hydrogens is 188 g/mol. The van der Waals surface area contributed by atoms with Crippen molar-refractivity contribution >= 4 is 10.0 Å². The summed E-state index contributed by atoms with van der Waals surface area (Å²) in [6, 6.07) is 0. The zero-order valence-corrected chi connectivity index (χ0v) is 8.44. The third-order valence-electron chi connectivity index (χ3n) is 3.46. The van der Waals surface area contributed by atoms with Gasteiger partial charge in [-0.25, -0.2) is 13.6 Å². The van der Waals surface area contributed by atoms with Gasteiger partial charge in [-0.3, -0.25) is 0 Å². The Labute approximate surface area is 78.9 Å². The third kappa shape index (κ3) is 1.73. The average Bonchev–Trinajstić information content (AvgIpc) is 2.00. The summed E-state index contributed by atoms with van der Waals surface area (Å²) in [4.78, 5) is 0. The van der Waals surface area contributed by atoms with Crippen molar-refractivity contribution in [3.8, 4) is 0 Å². The standard InChI is InChI=1S/C8H16N2O2S/c9-13(11,12)7-1-3-8(4-2-7)5-10-6-8/h7,10H,1-6H2,(H2,9,11,12). The minimum atomic E-state index is -3.28. The molecule has 0 bridgehead atoms. The van der Waals surface area contributed by atoms with E-state index in [0.717, 1.165) is 38.8 Å². The van der Waals surface area contributed by atoms with E-state index in [9.17, 15) is 8.42 Å². The lowest BCUT2D eigenvalue weighted by Crippen LogP contribution is -2.56. The van der Waals surface area contributed by atoms with Crippen molar-refractivity contribution in [2.24, 2.45) is 10.6 Å². The summed E-state index contributed by atoms with van der Waals surface area (Å²) in [5.74, 6) is 0. The SMILES string of the molecule is NS(=O)(=O)C1CCC2(CC1)CNC2. The van der Waals surface area contributed by atoms with Crippen LogP contribution in [0.1, 0.15) is 25.7 Å². The molecule has 1 saturated heterocycles. The van der Waals surface area contributed by atoms with Gasteiger partial charge in [0.2, 0.25) is 10.0 Å². The Morgan fingerprint density at radius 3 is 2.08 bits per heavy atom. The van der Waals surface area contributed by atoms with Crippen LogP contribution in [0.4, 0.5) is 0 Å². The van der Waals surface area contributed by atoms with Gasteiger partial charge >= 0.3 is 0 Å². The second kappa shape index (κ2) is 2.93. The molecule has 3 N–H and O–H groups in total. The van der Waals surface area contributed by atoms with Gasteiger partial charge in [0.25, 0.3) is 0 Å². The molecule has 0 radical (unpaired) electrons. The minimum absolute atomic E-state index is 0.279. The molecule has 2 fully saturated rings. The highest BCUT2D eigenvalue weighted by molar-refractivity contribution is 7.89. The predicted octanol–water partition coefficient (Wildman–Crippen LogP) is -0.193. The Balaban J connectivity index is 1.96. The van der Waals surface area contributed by atoms with Gasteiger partial charge in [0.05, 0.1) is 5.25 Å². The summed E-state index contributed by atoms with van der Waals surface area (Å²) < 4.78 is 22.1. The van der Waals surface area contributed by atoms with E-state index in [0.29, 0.717) is 5.41 Å². The van der Waals surface area contributed by atoms with Gasteiger partial charge in [0.1, 0.15) is 0 Å². The van der Waals surface area contributed by atoms with Crippen LogP contribution in [0.2, 0.25) is 0 Å². The maximum Gasteiger partial charge on any atom is 0.211 e. The summed E-state index contributed by atoms with van der Waals surface area (Å²) in [7, 11) is -3.28. The Morgan fingerprint density at radius 1 is 1.23 bits per heavy atom. The van der Waals surface area contributed by atoms with Gasteiger partial charge in [0, 0.05) is 13.1 Å². The first-order valence-corrected chi connectivity index (χ1v) is 6.35. The first-order valence-electron chi connectivity index (χ1n) is 4.74. The van der Waals surface area contributed by atoms with E-state index in [-0.39, 0.29) is 5.25 Å². The molecule has 4 nitrogen and oxygen atoms in total. The molecule has 76 valence electrons. The quantitative estimate of drug-likeness (QED) is 0.621. The lowest BCUT2D eigenvalue weighted by molar-refractivity contribution is 0.108. The number of nitrogens with two attached hydrogens (primary N) is 1. The summed E-state index contributed by atoms with van der Waals surface area (Å²) in [5.41, 5.74) is 0.418. The second-order valence-corrected chi connectivity index (χ2v) is 6.24. The molecule has 1 heterocycles. The summed E-state index contributed by atoms with van der Waals surface area (Å²) in [6.07, 6.45) is 3.53. The van der Waals surface area contributed by atoms with E-state index in [4.69, 9.17) is 5.14 Å². The van der Waals surface area contributed by atoms with Crippen LogP contribution in [0.5, 0.6) is 0 Å². The molecule has 5 heteroatoms. The van der Waals surface area contributed by atoms with Gasteiger partial charge in [-0.05, 0) is 31.1 Å². The van der Waals surface area contributed by atoms with Crippen molar-refractivity contribution in [1.29, 1.82) is 0 Å². The highest BCUT2D eigenvalue weighted by Gasteiger charge is 2.42. The molecule has 0 aromatic carbocycles. The number of hydrogen-bond donors (Lipinski definition) is 2. The number of primary sulfonamides is 1. The fourth-order valence-electron chi connectivity index (χ4n) is 2.36. The largest absolute Gasteiger partial charge is 0.316 e. The minimum Gasteiger partial charge on any atom is -0.316 e. The smallest absolute Gasteiger partial charge is 0.211 e. The summed E-state index contributed by atoms with van der Waals surface area (Å²) in [5, 5.41) is 8.08. The summed E-state index contributed by atoms with van der Waals surface area (Å²) >= 11 is 0. The molecule has 1 aliphatic heterocycles. The van der Waals surface area contributed by atoms with Gasteiger partial charge in [-0.2, -0.15) is 0 Å². The van der Waals surface area contributed by atoms with Crippen LogP contribution in [0.3, 0.4) is 0 Å². The fraction of sp³-hybridized carbons (Fsp3) is 1.00. The van der Waals surface area contributed by atoms with Crippen LogP contribution in [-0.2, 0) is 10.0 Å². The third-order valence-corrected chi connectivity index (χ3v) is 4.86. The molecule has 1 saturated carbocycles. The lowest BCUT2D eigenvalue weighted by Gasteiger charge is -2.47. The van der Waals surface area contributed by atoms with Gasteiger partial charge in [0.15, 0.2) is 0 Å². The van der Waals surface area contributed by atoms with Crippen molar-refractivity contribution in [2.45, 2.75) is 30.9 Å². The normalized spacial score (nSPS) is 28.7. The monoisotopic (exact) mass is 204 g/mol. The predicted molar refractivity (Wildman–Crippen MR) is 50.7 cm³/mol. The van der Waals surface area contributed by atoms with Crippen molar-refractivity contribution in [1.82, 2.24) is 5.32 Å². The summed E-state index contributed by atoms with van der Waals surface area (Å²) in [6.45, 7) is 2.12. The van der Waals surface area contributed by atoms with Crippen LogP contribution in [0.15, 0.2) is 0 Å². The number of nitrogens with one attached hydrogen (secondary N) is 1. The zero-order valence-electron chi connectivity index (χ0n) is 7.62. The Hall–Kier alpha value is -0.130. The van der Waals surface area contributed by atoms with Crippen molar-refractivity contribution in [3.63, 3.8) is 0 Å². The Bertz CT molecular complexity index is 285. The van der Waals surface area contributed by atoms with Crippen molar-refractivity contribution < 1.29 is 8.42 Å². The highest BCUT2D eigenvalue weighted by Crippen LogP contribution is 2.40. The number of rotatable bonds is 1. The topological polar surface area (TPSA) is 72.2 Å². The van der Waals surface area contributed by atoms with Crippen LogP contribution in [0, 0.1) is 5.41 Å². The first kappa shape index (κ1) is 9.43. The number of sulfonamides is 1. The Morgan fingerprint density at radius 2 is 1.77 bits per heavy atom.